The zero-order chi connectivity index (χ0) is 32.0. The van der Waals surface area contributed by atoms with E-state index in [0.29, 0.717) is 12.0 Å². The van der Waals surface area contributed by atoms with E-state index >= 15 is 4.39 Å². The summed E-state index contributed by atoms with van der Waals surface area (Å²) in [5.74, 6) is 0.603. The van der Waals surface area contributed by atoms with Crippen LogP contribution in [0, 0.1) is 33.5 Å². The lowest BCUT2D eigenvalue weighted by Crippen LogP contribution is -2.05. The van der Waals surface area contributed by atoms with Gasteiger partial charge < -0.3 is 0 Å². The molecule has 0 saturated heterocycles. The summed E-state index contributed by atoms with van der Waals surface area (Å²) < 4.78 is 17.9. The lowest BCUT2D eigenvalue weighted by atomic mass is 9.92. The summed E-state index contributed by atoms with van der Waals surface area (Å²) in [5.41, 5.74) is 14.8. The van der Waals surface area contributed by atoms with E-state index in [-0.39, 0.29) is 5.82 Å². The zero-order valence-electron chi connectivity index (χ0n) is 26.8. The van der Waals surface area contributed by atoms with Gasteiger partial charge >= 0.3 is 0 Å². The number of hydrogen-bond acceptors (Lipinski definition) is 2. The molecule has 0 bridgehead atoms. The highest BCUT2D eigenvalue weighted by Gasteiger charge is 2.29. The van der Waals surface area contributed by atoms with Gasteiger partial charge in [0.05, 0.1) is 16.7 Å². The lowest BCUT2D eigenvalue weighted by Gasteiger charge is -2.19. The first-order valence-corrected chi connectivity index (χ1v) is 16.1. The number of rotatable bonds is 3. The zero-order valence-corrected chi connectivity index (χ0v) is 26.8. The first kappa shape index (κ1) is 27.7. The van der Waals surface area contributed by atoms with Crippen molar-refractivity contribution in [3.05, 3.63) is 149 Å². The van der Waals surface area contributed by atoms with Crippen LogP contribution >= 0.6 is 0 Å². The average molecular weight is 610 g/mol. The van der Waals surface area contributed by atoms with Crippen molar-refractivity contribution in [2.75, 3.05) is 0 Å². The van der Waals surface area contributed by atoms with Gasteiger partial charge in [-0.3, -0.25) is 9.55 Å². The summed E-state index contributed by atoms with van der Waals surface area (Å²) in [6, 6.07) is 33.8. The second-order valence-corrected chi connectivity index (χ2v) is 12.9. The Morgan fingerprint density at radius 3 is 2.17 bits per heavy atom. The highest BCUT2D eigenvalue weighted by molar-refractivity contribution is 6.14. The fraction of sp³-hybridized carbons (Fsp3) is 0.116. The van der Waals surface area contributed by atoms with Crippen molar-refractivity contribution in [1.29, 1.82) is 0 Å². The minimum Gasteiger partial charge on any atom is -0.292 e. The molecule has 226 valence electrons. The maximum atomic E-state index is 15.6. The van der Waals surface area contributed by atoms with Gasteiger partial charge in [-0.15, -0.1) is 0 Å². The third-order valence-corrected chi connectivity index (χ3v) is 10.3. The van der Waals surface area contributed by atoms with Gasteiger partial charge in [-0.25, -0.2) is 9.37 Å². The Labute approximate surface area is 273 Å². The van der Waals surface area contributed by atoms with Crippen LogP contribution in [0.1, 0.15) is 33.4 Å². The van der Waals surface area contributed by atoms with Gasteiger partial charge in [0.25, 0.3) is 0 Å². The van der Waals surface area contributed by atoms with E-state index in [4.69, 9.17) is 4.98 Å². The molecule has 0 amide bonds. The molecule has 0 unspecified atom stereocenters. The van der Waals surface area contributed by atoms with Crippen molar-refractivity contribution in [3.8, 4) is 39.3 Å². The van der Waals surface area contributed by atoms with Crippen LogP contribution in [0.25, 0.3) is 71.9 Å². The molecular formula is C43H32FN3. The molecule has 4 heteroatoms. The number of nitrogens with zero attached hydrogens (tertiary/aromatic N) is 3. The summed E-state index contributed by atoms with van der Waals surface area (Å²) in [6.45, 7) is 8.81. The van der Waals surface area contributed by atoms with E-state index in [2.05, 4.69) is 110 Å². The molecular weight excluding hydrogens is 577 g/mol. The van der Waals surface area contributed by atoms with E-state index in [1.165, 1.54) is 43.8 Å². The van der Waals surface area contributed by atoms with Crippen molar-refractivity contribution in [2.24, 2.45) is 0 Å². The molecule has 1 aliphatic rings. The number of fused-ring (bicyclic) bond motifs is 7. The van der Waals surface area contributed by atoms with Crippen molar-refractivity contribution >= 4 is 32.6 Å². The standard InChI is InChI=1S/C43H32FN3/c1-24-18-30(28-10-6-5-7-11-28)19-25(2)42(24)47-40-22-34-27(4)26(3)31-12-8-9-13-32(31)35(34)21-39(40)46-43(47)33-14-15-38(44)41-36(33)20-29-16-17-45-23-37(29)41/h5-19,21-23H,20H2,1-4H3. The minimum absolute atomic E-state index is 0.221. The summed E-state index contributed by atoms with van der Waals surface area (Å²) in [5, 5.41) is 4.92. The fourth-order valence-electron chi connectivity index (χ4n) is 7.92. The van der Waals surface area contributed by atoms with Crippen LogP contribution in [0.4, 0.5) is 4.39 Å². The predicted molar refractivity (Wildman–Crippen MR) is 192 cm³/mol. The smallest absolute Gasteiger partial charge is 0.146 e. The van der Waals surface area contributed by atoms with Crippen LogP contribution in [0.15, 0.2) is 109 Å². The lowest BCUT2D eigenvalue weighted by molar-refractivity contribution is 0.631. The van der Waals surface area contributed by atoms with E-state index < -0.39 is 0 Å². The van der Waals surface area contributed by atoms with Gasteiger partial charge in [0.15, 0.2) is 0 Å². The minimum atomic E-state index is -0.221. The molecule has 2 heterocycles. The molecule has 9 rings (SSSR count). The van der Waals surface area contributed by atoms with Crippen LogP contribution < -0.4 is 0 Å². The van der Waals surface area contributed by atoms with Crippen LogP contribution in [0.3, 0.4) is 0 Å². The second kappa shape index (κ2) is 10.2. The number of hydrogen-bond donors (Lipinski definition) is 0. The first-order valence-electron chi connectivity index (χ1n) is 16.1. The van der Waals surface area contributed by atoms with Crippen LogP contribution in [-0.4, -0.2) is 14.5 Å². The SMILES string of the molecule is Cc1cc(-c2ccccc2)cc(C)c1-n1c(-c2ccc(F)c3c2Cc2ccncc2-3)nc2cc3c(cc21)c(C)c(C)c1ccccc13. The number of imidazole rings is 1. The topological polar surface area (TPSA) is 30.7 Å². The normalized spacial score (nSPS) is 12.3. The Morgan fingerprint density at radius 2 is 1.38 bits per heavy atom. The molecule has 0 aliphatic heterocycles. The first-order chi connectivity index (χ1) is 22.9. The molecule has 0 radical (unpaired) electrons. The maximum Gasteiger partial charge on any atom is 0.146 e. The van der Waals surface area contributed by atoms with E-state index in [1.807, 2.05) is 18.2 Å². The van der Waals surface area contributed by atoms with Gasteiger partial charge in [-0.1, -0.05) is 54.6 Å². The van der Waals surface area contributed by atoms with Crippen molar-refractivity contribution < 1.29 is 4.39 Å². The Hall–Kier alpha value is -5.61. The van der Waals surface area contributed by atoms with E-state index in [9.17, 15) is 0 Å². The monoisotopic (exact) mass is 609 g/mol. The van der Waals surface area contributed by atoms with Crippen molar-refractivity contribution in [1.82, 2.24) is 14.5 Å². The predicted octanol–water partition coefficient (Wildman–Crippen LogP) is 11.0. The van der Waals surface area contributed by atoms with E-state index in [1.54, 1.807) is 18.5 Å². The number of benzene rings is 6. The van der Waals surface area contributed by atoms with Crippen LogP contribution in [-0.2, 0) is 6.42 Å². The van der Waals surface area contributed by atoms with E-state index in [0.717, 1.165) is 55.9 Å². The van der Waals surface area contributed by atoms with Crippen LogP contribution in [0.2, 0.25) is 0 Å². The number of aryl methyl sites for hydroxylation is 4. The highest BCUT2D eigenvalue weighted by atomic mass is 19.1. The van der Waals surface area contributed by atoms with Crippen LogP contribution in [0.5, 0.6) is 0 Å². The van der Waals surface area contributed by atoms with Gasteiger partial charge in [0, 0.05) is 29.1 Å². The molecule has 6 aromatic carbocycles. The largest absolute Gasteiger partial charge is 0.292 e. The molecule has 8 aromatic rings. The van der Waals surface area contributed by atoms with Gasteiger partial charge in [0.1, 0.15) is 11.6 Å². The number of halogens is 1. The molecule has 0 spiro atoms. The summed E-state index contributed by atoms with van der Waals surface area (Å²) in [7, 11) is 0. The molecule has 3 nitrogen and oxygen atoms in total. The molecule has 0 N–H and O–H groups in total. The Morgan fingerprint density at radius 1 is 0.660 bits per heavy atom. The quantitative estimate of drug-likeness (QED) is 0.187. The third kappa shape index (κ3) is 4.04. The number of aromatic nitrogens is 3. The summed E-state index contributed by atoms with van der Waals surface area (Å²) in [4.78, 5) is 9.76. The fourth-order valence-corrected chi connectivity index (χ4v) is 7.92. The highest BCUT2D eigenvalue weighted by Crippen LogP contribution is 2.45. The average Bonchev–Trinajstić information content (AvgIpc) is 3.66. The molecule has 47 heavy (non-hydrogen) atoms. The van der Waals surface area contributed by atoms with Crippen molar-refractivity contribution in [3.63, 3.8) is 0 Å². The summed E-state index contributed by atoms with van der Waals surface area (Å²) >= 11 is 0. The maximum absolute atomic E-state index is 15.6. The van der Waals surface area contributed by atoms with Gasteiger partial charge in [-0.05, 0) is 143 Å². The molecule has 0 fully saturated rings. The Balaban J connectivity index is 1.39. The Kier molecular flexibility index (Phi) is 6.01. The molecule has 1 aliphatic carbocycles. The van der Waals surface area contributed by atoms with Gasteiger partial charge in [0.2, 0.25) is 0 Å². The third-order valence-electron chi connectivity index (χ3n) is 10.3. The van der Waals surface area contributed by atoms with Crippen molar-refractivity contribution in [2.45, 2.75) is 34.1 Å². The molecule has 2 aromatic heterocycles. The molecule has 0 atom stereocenters. The summed E-state index contributed by atoms with van der Waals surface area (Å²) in [6.07, 6.45) is 4.22. The number of pyridine rings is 1. The van der Waals surface area contributed by atoms with Gasteiger partial charge in [-0.2, -0.15) is 0 Å². The Bertz CT molecular complexity index is 2570. The molecule has 0 saturated carbocycles. The second-order valence-electron chi connectivity index (χ2n) is 12.9.